The Bertz CT molecular complexity index is 557. The van der Waals surface area contributed by atoms with Gasteiger partial charge in [0.1, 0.15) is 11.9 Å². The average molecular weight is 355 g/mol. The predicted molar refractivity (Wildman–Crippen MR) is 95.6 cm³/mol. The first kappa shape index (κ1) is 19.0. The lowest BCUT2D eigenvalue weighted by molar-refractivity contribution is -0.126. The SMILES string of the molecule is Cc1ccc(CNC(=O)C(C)C2CNC2)c(OC2CCOC2)c1.Cl. The third-order valence-electron chi connectivity index (χ3n) is 4.79. The number of hydrogen-bond donors (Lipinski definition) is 2. The van der Waals surface area contributed by atoms with E-state index in [1.807, 2.05) is 26.0 Å². The van der Waals surface area contributed by atoms with E-state index in [1.54, 1.807) is 0 Å². The van der Waals surface area contributed by atoms with Crippen LogP contribution in [0.2, 0.25) is 0 Å². The first-order valence-corrected chi connectivity index (χ1v) is 8.46. The zero-order valence-electron chi connectivity index (χ0n) is 14.3. The normalized spacial score (nSPS) is 21.5. The van der Waals surface area contributed by atoms with Gasteiger partial charge in [0.2, 0.25) is 5.91 Å². The summed E-state index contributed by atoms with van der Waals surface area (Å²) >= 11 is 0. The molecule has 0 aliphatic carbocycles. The highest BCUT2D eigenvalue weighted by Crippen LogP contribution is 2.24. The van der Waals surface area contributed by atoms with Gasteiger partial charge in [-0.05, 0) is 37.6 Å². The first-order chi connectivity index (χ1) is 11.1. The molecule has 0 radical (unpaired) electrons. The fraction of sp³-hybridized carbons (Fsp3) is 0.611. The number of halogens is 1. The standard InChI is InChI=1S/C18H26N2O3.ClH/c1-12-3-4-14(17(7-12)23-16-5-6-22-11-16)10-20-18(21)13(2)15-8-19-9-15;/h3-4,7,13,15-16,19H,5-6,8-11H2,1-2H3,(H,20,21);1H. The number of hydrogen-bond acceptors (Lipinski definition) is 4. The number of aryl methyl sites for hydroxylation is 1. The summed E-state index contributed by atoms with van der Waals surface area (Å²) in [6, 6.07) is 6.13. The minimum Gasteiger partial charge on any atom is -0.488 e. The zero-order chi connectivity index (χ0) is 16.2. The quantitative estimate of drug-likeness (QED) is 0.821. The molecule has 2 aliphatic heterocycles. The molecule has 0 bridgehead atoms. The molecule has 0 saturated carbocycles. The summed E-state index contributed by atoms with van der Waals surface area (Å²) < 4.78 is 11.4. The van der Waals surface area contributed by atoms with Crippen LogP contribution in [-0.2, 0) is 16.1 Å². The fourth-order valence-corrected chi connectivity index (χ4v) is 2.92. The van der Waals surface area contributed by atoms with Crippen LogP contribution < -0.4 is 15.4 Å². The van der Waals surface area contributed by atoms with E-state index < -0.39 is 0 Å². The maximum atomic E-state index is 12.3. The predicted octanol–water partition coefficient (Wildman–Crippen LogP) is 2.06. The molecule has 2 saturated heterocycles. The summed E-state index contributed by atoms with van der Waals surface area (Å²) in [5.41, 5.74) is 2.18. The summed E-state index contributed by atoms with van der Waals surface area (Å²) in [5, 5.41) is 6.27. The summed E-state index contributed by atoms with van der Waals surface area (Å²) in [5.74, 6) is 1.49. The van der Waals surface area contributed by atoms with Gasteiger partial charge in [-0.2, -0.15) is 0 Å². The summed E-state index contributed by atoms with van der Waals surface area (Å²) in [6.45, 7) is 7.84. The molecule has 24 heavy (non-hydrogen) atoms. The van der Waals surface area contributed by atoms with Crippen LogP contribution in [0.5, 0.6) is 5.75 Å². The Hall–Kier alpha value is -1.30. The van der Waals surface area contributed by atoms with Crippen molar-refractivity contribution in [1.29, 1.82) is 0 Å². The van der Waals surface area contributed by atoms with E-state index in [4.69, 9.17) is 9.47 Å². The molecule has 1 aromatic rings. The molecule has 0 spiro atoms. The monoisotopic (exact) mass is 354 g/mol. The van der Waals surface area contributed by atoms with Crippen molar-refractivity contribution in [1.82, 2.24) is 10.6 Å². The summed E-state index contributed by atoms with van der Waals surface area (Å²) in [6.07, 6.45) is 1.04. The third-order valence-corrected chi connectivity index (χ3v) is 4.79. The van der Waals surface area contributed by atoms with E-state index in [9.17, 15) is 4.79 Å². The zero-order valence-corrected chi connectivity index (χ0v) is 15.2. The highest BCUT2D eigenvalue weighted by Gasteiger charge is 2.28. The molecule has 5 nitrogen and oxygen atoms in total. The third kappa shape index (κ3) is 4.62. The van der Waals surface area contributed by atoms with Gasteiger partial charge in [0.25, 0.3) is 0 Å². The first-order valence-electron chi connectivity index (χ1n) is 8.46. The molecular formula is C18H27ClN2O3. The van der Waals surface area contributed by atoms with Gasteiger partial charge in [0, 0.05) is 24.4 Å². The second-order valence-corrected chi connectivity index (χ2v) is 6.64. The fourth-order valence-electron chi connectivity index (χ4n) is 2.92. The van der Waals surface area contributed by atoms with Crippen LogP contribution in [0.1, 0.15) is 24.5 Å². The van der Waals surface area contributed by atoms with Gasteiger partial charge >= 0.3 is 0 Å². The molecular weight excluding hydrogens is 328 g/mol. The Morgan fingerprint density at radius 1 is 1.46 bits per heavy atom. The van der Waals surface area contributed by atoms with E-state index in [-0.39, 0.29) is 30.3 Å². The second kappa shape index (κ2) is 8.70. The second-order valence-electron chi connectivity index (χ2n) is 6.64. The molecule has 2 aliphatic rings. The number of ether oxygens (including phenoxy) is 2. The van der Waals surface area contributed by atoms with Crippen molar-refractivity contribution in [3.63, 3.8) is 0 Å². The van der Waals surface area contributed by atoms with Crippen LogP contribution in [0.15, 0.2) is 18.2 Å². The molecule has 2 heterocycles. The number of carbonyl (C=O) groups excluding carboxylic acids is 1. The topological polar surface area (TPSA) is 59.6 Å². The van der Waals surface area contributed by atoms with Gasteiger partial charge in [-0.1, -0.05) is 19.1 Å². The molecule has 2 unspecified atom stereocenters. The Balaban J connectivity index is 0.00000208. The Kier molecular flexibility index (Phi) is 6.90. The van der Waals surface area contributed by atoms with E-state index in [1.165, 1.54) is 0 Å². The number of amides is 1. The molecule has 6 heteroatoms. The van der Waals surface area contributed by atoms with Gasteiger partial charge in [-0.3, -0.25) is 4.79 Å². The van der Waals surface area contributed by atoms with Crippen molar-refractivity contribution in [3.8, 4) is 5.75 Å². The highest BCUT2D eigenvalue weighted by molar-refractivity contribution is 5.85. The van der Waals surface area contributed by atoms with Crippen LogP contribution in [0.25, 0.3) is 0 Å². The van der Waals surface area contributed by atoms with Gasteiger partial charge in [0.15, 0.2) is 0 Å². The molecule has 2 N–H and O–H groups in total. The number of rotatable bonds is 6. The van der Waals surface area contributed by atoms with Crippen molar-refractivity contribution in [2.45, 2.75) is 32.9 Å². The van der Waals surface area contributed by atoms with E-state index in [2.05, 4.69) is 16.7 Å². The van der Waals surface area contributed by atoms with Crippen molar-refractivity contribution in [2.75, 3.05) is 26.3 Å². The minimum absolute atomic E-state index is 0. The van der Waals surface area contributed by atoms with Crippen LogP contribution >= 0.6 is 12.4 Å². The molecule has 1 amide bonds. The van der Waals surface area contributed by atoms with Crippen molar-refractivity contribution in [2.24, 2.45) is 11.8 Å². The molecule has 134 valence electrons. The van der Waals surface area contributed by atoms with E-state index in [0.717, 1.165) is 43.0 Å². The molecule has 2 atom stereocenters. The minimum atomic E-state index is 0. The molecule has 1 aromatic carbocycles. The lowest BCUT2D eigenvalue weighted by Gasteiger charge is -2.31. The van der Waals surface area contributed by atoms with Crippen molar-refractivity contribution < 1.29 is 14.3 Å². The average Bonchev–Trinajstić information content (AvgIpc) is 2.97. The van der Waals surface area contributed by atoms with Crippen molar-refractivity contribution >= 4 is 18.3 Å². The molecule has 3 rings (SSSR count). The van der Waals surface area contributed by atoms with Gasteiger partial charge in [-0.15, -0.1) is 12.4 Å². The van der Waals surface area contributed by atoms with Gasteiger partial charge in [-0.25, -0.2) is 0 Å². The van der Waals surface area contributed by atoms with E-state index >= 15 is 0 Å². The van der Waals surface area contributed by atoms with Crippen molar-refractivity contribution in [3.05, 3.63) is 29.3 Å². The lowest BCUT2D eigenvalue weighted by atomic mass is 9.88. The molecule has 0 aromatic heterocycles. The number of nitrogens with one attached hydrogen (secondary N) is 2. The maximum Gasteiger partial charge on any atom is 0.223 e. The van der Waals surface area contributed by atoms with Gasteiger partial charge in [0.05, 0.1) is 13.2 Å². The summed E-state index contributed by atoms with van der Waals surface area (Å²) in [4.78, 5) is 12.3. The number of benzene rings is 1. The van der Waals surface area contributed by atoms with E-state index in [0.29, 0.717) is 19.1 Å². The number of carbonyl (C=O) groups is 1. The highest BCUT2D eigenvalue weighted by atomic mass is 35.5. The Morgan fingerprint density at radius 2 is 2.25 bits per heavy atom. The molecule has 2 fully saturated rings. The largest absolute Gasteiger partial charge is 0.488 e. The van der Waals surface area contributed by atoms with Crippen LogP contribution in [-0.4, -0.2) is 38.3 Å². The van der Waals surface area contributed by atoms with Gasteiger partial charge < -0.3 is 20.1 Å². The lowest BCUT2D eigenvalue weighted by Crippen LogP contribution is -2.49. The van der Waals surface area contributed by atoms with Crippen LogP contribution in [0.4, 0.5) is 0 Å². The van der Waals surface area contributed by atoms with Crippen LogP contribution in [0, 0.1) is 18.8 Å². The summed E-state index contributed by atoms with van der Waals surface area (Å²) in [7, 11) is 0. The Morgan fingerprint density at radius 3 is 2.88 bits per heavy atom. The Labute approximate surface area is 149 Å². The van der Waals surface area contributed by atoms with Crippen LogP contribution in [0.3, 0.4) is 0 Å². The maximum absolute atomic E-state index is 12.3. The smallest absolute Gasteiger partial charge is 0.223 e.